The van der Waals surface area contributed by atoms with E-state index in [-0.39, 0.29) is 0 Å². The number of carbonyl (C=O) groups excluding carboxylic acids is 1. The second-order valence-electron chi connectivity index (χ2n) is 10.6. The van der Waals surface area contributed by atoms with Gasteiger partial charge >= 0.3 is 0 Å². The highest BCUT2D eigenvalue weighted by molar-refractivity contribution is 6.09. The van der Waals surface area contributed by atoms with Crippen LogP contribution in [0.2, 0.25) is 0 Å². The van der Waals surface area contributed by atoms with Crippen molar-refractivity contribution in [2.75, 3.05) is 19.0 Å². The van der Waals surface area contributed by atoms with E-state index in [0.717, 1.165) is 40.0 Å². The van der Waals surface area contributed by atoms with Crippen molar-refractivity contribution in [2.45, 2.75) is 6.04 Å². The van der Waals surface area contributed by atoms with Crippen LogP contribution in [-0.2, 0) is 4.79 Å². The summed E-state index contributed by atoms with van der Waals surface area (Å²) in [6.07, 6.45) is 6.85. The predicted octanol–water partition coefficient (Wildman–Crippen LogP) is 7.34. The number of pyridine rings is 1. The van der Waals surface area contributed by atoms with Crippen LogP contribution < -0.4 is 10.2 Å². The van der Waals surface area contributed by atoms with Crippen LogP contribution >= 0.6 is 0 Å². The number of aromatic nitrogens is 2. The zero-order valence-corrected chi connectivity index (χ0v) is 23.4. The summed E-state index contributed by atoms with van der Waals surface area (Å²) in [5, 5.41) is 5.77. The average molecular weight is 548 g/mol. The van der Waals surface area contributed by atoms with Crippen LogP contribution in [0.15, 0.2) is 114 Å². The number of aliphatic imine (C=N–C) groups is 1. The molecule has 42 heavy (non-hydrogen) atoms. The molecule has 0 aliphatic carbocycles. The third-order valence-corrected chi connectivity index (χ3v) is 7.75. The van der Waals surface area contributed by atoms with Crippen molar-refractivity contribution in [3.05, 3.63) is 132 Å². The molecule has 1 N–H and O–H groups in total. The summed E-state index contributed by atoms with van der Waals surface area (Å²) in [6, 6.07) is 35.1. The molecule has 6 heteroatoms. The zero-order chi connectivity index (χ0) is 28.6. The molecule has 4 aromatic carbocycles. The van der Waals surface area contributed by atoms with Gasteiger partial charge in [0.2, 0.25) is 0 Å². The van der Waals surface area contributed by atoms with E-state index in [0.29, 0.717) is 11.5 Å². The lowest BCUT2D eigenvalue weighted by atomic mass is 10.0. The molecule has 6 aromatic rings. The highest BCUT2D eigenvalue weighted by Crippen LogP contribution is 2.33. The number of hydrogen-bond donors (Lipinski definition) is 1. The highest BCUT2D eigenvalue weighted by Gasteiger charge is 2.23. The minimum atomic E-state index is -0.485. The van der Waals surface area contributed by atoms with E-state index in [9.17, 15) is 4.79 Å². The first-order valence-electron chi connectivity index (χ1n) is 13.9. The lowest BCUT2D eigenvalue weighted by Gasteiger charge is -2.24. The van der Waals surface area contributed by atoms with Gasteiger partial charge in [-0.05, 0) is 65.7 Å². The second kappa shape index (κ2) is 10.5. The number of amidine groups is 1. The van der Waals surface area contributed by atoms with Gasteiger partial charge in [0.25, 0.3) is 0 Å². The molecule has 1 aliphatic rings. The standard InChI is InChI=1S/C36H29N5O/c1-40(2)27-17-18-31-30(22-27)33(23-42)39-36(38-31)32-21-25(19-20-37-32)12-11-24-13-15-26(16-14-24)41-34-9-5-3-7-28(34)29-8-4-6-10-35(29)41/h3-23,33H,1-2H3,(H,38,39)/b12-11+. The van der Waals surface area contributed by atoms with E-state index in [2.05, 4.69) is 99.8 Å². The van der Waals surface area contributed by atoms with E-state index in [4.69, 9.17) is 4.99 Å². The maximum atomic E-state index is 12.0. The van der Waals surface area contributed by atoms with Gasteiger partial charge in [0.15, 0.2) is 5.84 Å². The number of anilines is 1. The first-order valence-corrected chi connectivity index (χ1v) is 13.9. The maximum absolute atomic E-state index is 12.0. The number of nitrogens with one attached hydrogen (secondary N) is 1. The van der Waals surface area contributed by atoms with Crippen LogP contribution in [0.4, 0.5) is 11.4 Å². The van der Waals surface area contributed by atoms with Crippen molar-refractivity contribution in [2.24, 2.45) is 4.99 Å². The predicted molar refractivity (Wildman–Crippen MR) is 173 cm³/mol. The first kappa shape index (κ1) is 25.5. The van der Waals surface area contributed by atoms with Gasteiger partial charge in [0.05, 0.1) is 16.7 Å². The van der Waals surface area contributed by atoms with Gasteiger partial charge in [-0.15, -0.1) is 0 Å². The van der Waals surface area contributed by atoms with E-state index < -0.39 is 6.04 Å². The zero-order valence-electron chi connectivity index (χ0n) is 23.4. The van der Waals surface area contributed by atoms with Crippen molar-refractivity contribution in [3.63, 3.8) is 0 Å². The van der Waals surface area contributed by atoms with Gasteiger partial charge in [0, 0.05) is 48.0 Å². The van der Waals surface area contributed by atoms with Gasteiger partial charge in [-0.25, -0.2) is 4.99 Å². The van der Waals surface area contributed by atoms with Crippen molar-refractivity contribution in [1.82, 2.24) is 14.9 Å². The topological polar surface area (TPSA) is 62.5 Å². The fourth-order valence-corrected chi connectivity index (χ4v) is 5.60. The summed E-state index contributed by atoms with van der Waals surface area (Å²) in [5.74, 6) is 0.586. The van der Waals surface area contributed by atoms with Gasteiger partial charge in [-0.2, -0.15) is 0 Å². The Kier molecular flexibility index (Phi) is 6.36. The molecule has 0 radical (unpaired) electrons. The Labute approximate surface area is 244 Å². The van der Waals surface area contributed by atoms with Crippen molar-refractivity contribution in [1.29, 1.82) is 0 Å². The normalized spacial score (nSPS) is 14.5. The molecule has 0 spiro atoms. The highest BCUT2D eigenvalue weighted by atomic mass is 16.1. The largest absolute Gasteiger partial charge is 0.378 e. The molecular weight excluding hydrogens is 518 g/mol. The van der Waals surface area contributed by atoms with Crippen LogP contribution in [0.25, 0.3) is 39.6 Å². The molecule has 6 nitrogen and oxygen atoms in total. The molecule has 1 atom stereocenters. The van der Waals surface area contributed by atoms with Crippen molar-refractivity contribution < 1.29 is 4.79 Å². The quantitative estimate of drug-likeness (QED) is 0.222. The lowest BCUT2D eigenvalue weighted by Crippen LogP contribution is -2.33. The molecule has 7 rings (SSSR count). The molecule has 204 valence electrons. The maximum Gasteiger partial charge on any atom is 0.153 e. The third-order valence-electron chi connectivity index (χ3n) is 7.75. The summed E-state index contributed by atoms with van der Waals surface area (Å²) in [5.41, 5.74) is 8.96. The van der Waals surface area contributed by atoms with Gasteiger partial charge in [-0.3, -0.25) is 4.98 Å². The average Bonchev–Trinajstić information content (AvgIpc) is 3.38. The molecule has 0 bridgehead atoms. The molecule has 0 saturated heterocycles. The SMILES string of the molecule is CN(C)c1ccc2c(c1)C(C=O)NC(c1cc(/C=C/c3ccc(-n4c5ccccc5c5ccccc54)cc3)ccn1)=N2. The molecule has 0 fully saturated rings. The Bertz CT molecular complexity index is 1960. The second-order valence-corrected chi connectivity index (χ2v) is 10.6. The monoisotopic (exact) mass is 547 g/mol. The molecular formula is C36H29N5O. The minimum absolute atomic E-state index is 0.485. The fraction of sp³-hybridized carbons (Fsp3) is 0.0833. The van der Waals surface area contributed by atoms with E-state index >= 15 is 0 Å². The van der Waals surface area contributed by atoms with Crippen LogP contribution in [0.5, 0.6) is 0 Å². The fourth-order valence-electron chi connectivity index (χ4n) is 5.60. The summed E-state index contributed by atoms with van der Waals surface area (Å²) < 4.78 is 2.32. The molecule has 1 aliphatic heterocycles. The van der Waals surface area contributed by atoms with Crippen molar-refractivity contribution >= 4 is 57.5 Å². The molecule has 2 aromatic heterocycles. The number of hydrogen-bond acceptors (Lipinski definition) is 5. The molecule has 0 amide bonds. The van der Waals surface area contributed by atoms with E-state index in [1.165, 1.54) is 21.8 Å². The summed E-state index contributed by atoms with van der Waals surface area (Å²) in [6.45, 7) is 0. The smallest absolute Gasteiger partial charge is 0.153 e. The van der Waals surface area contributed by atoms with Crippen LogP contribution in [-0.4, -0.2) is 35.8 Å². The number of carbonyl (C=O) groups is 1. The Morgan fingerprint density at radius 1 is 0.786 bits per heavy atom. The number of fused-ring (bicyclic) bond motifs is 4. The number of rotatable bonds is 6. The van der Waals surface area contributed by atoms with Crippen LogP contribution in [0.1, 0.15) is 28.4 Å². The Morgan fingerprint density at radius 2 is 1.48 bits per heavy atom. The molecule has 3 heterocycles. The minimum Gasteiger partial charge on any atom is -0.378 e. The number of aldehydes is 1. The van der Waals surface area contributed by atoms with Gasteiger partial charge in [0.1, 0.15) is 18.0 Å². The molecule has 1 unspecified atom stereocenters. The van der Waals surface area contributed by atoms with E-state index in [1.807, 2.05) is 49.3 Å². The van der Waals surface area contributed by atoms with Crippen LogP contribution in [0, 0.1) is 0 Å². The lowest BCUT2D eigenvalue weighted by molar-refractivity contribution is -0.109. The first-order chi connectivity index (χ1) is 20.6. The number of nitrogens with zero attached hydrogens (tertiary/aromatic N) is 4. The Balaban J connectivity index is 1.16. The third kappa shape index (κ3) is 4.53. The number of benzene rings is 4. The Hall–Kier alpha value is -5.49. The van der Waals surface area contributed by atoms with Gasteiger partial charge < -0.3 is 19.6 Å². The van der Waals surface area contributed by atoms with Crippen molar-refractivity contribution in [3.8, 4) is 5.69 Å². The summed E-state index contributed by atoms with van der Waals surface area (Å²) in [4.78, 5) is 23.3. The van der Waals surface area contributed by atoms with Gasteiger partial charge in [-0.1, -0.05) is 60.7 Å². The number of para-hydroxylation sites is 2. The van der Waals surface area contributed by atoms with E-state index in [1.54, 1.807) is 6.20 Å². The Morgan fingerprint density at radius 3 is 2.17 bits per heavy atom. The summed E-state index contributed by atoms with van der Waals surface area (Å²) in [7, 11) is 3.96. The summed E-state index contributed by atoms with van der Waals surface area (Å²) >= 11 is 0. The molecule has 0 saturated carbocycles. The van der Waals surface area contributed by atoms with Crippen LogP contribution in [0.3, 0.4) is 0 Å².